The fourth-order valence-electron chi connectivity index (χ4n) is 2.45. The second-order valence-electron chi connectivity index (χ2n) is 5.41. The summed E-state index contributed by atoms with van der Waals surface area (Å²) in [4.78, 5) is 7.00. The van der Waals surface area contributed by atoms with Gasteiger partial charge in [-0.25, -0.2) is 4.98 Å². The van der Waals surface area contributed by atoms with Crippen LogP contribution in [0.15, 0.2) is 16.7 Å². The molecule has 2 aliphatic rings. The van der Waals surface area contributed by atoms with Crippen molar-refractivity contribution < 1.29 is 4.74 Å². The molecule has 19 heavy (non-hydrogen) atoms. The van der Waals surface area contributed by atoms with Gasteiger partial charge >= 0.3 is 0 Å². The zero-order valence-corrected chi connectivity index (χ0v) is 12.8. The molecule has 2 fully saturated rings. The Balaban J connectivity index is 1.80. The maximum Gasteiger partial charge on any atom is 0.133 e. The average molecular weight is 326 g/mol. The first-order valence-electron chi connectivity index (χ1n) is 6.96. The van der Waals surface area contributed by atoms with Crippen molar-refractivity contribution in [2.24, 2.45) is 0 Å². The van der Waals surface area contributed by atoms with Gasteiger partial charge in [-0.3, -0.25) is 0 Å². The molecule has 0 bridgehead atoms. The molecule has 1 aliphatic heterocycles. The molecule has 0 aromatic carbocycles. The van der Waals surface area contributed by atoms with Gasteiger partial charge in [0.2, 0.25) is 0 Å². The number of morpholine rings is 1. The van der Waals surface area contributed by atoms with Crippen LogP contribution in [-0.4, -0.2) is 36.8 Å². The summed E-state index contributed by atoms with van der Waals surface area (Å²) in [5.41, 5.74) is 1.27. The fourth-order valence-corrected chi connectivity index (χ4v) is 2.82. The first-order valence-corrected chi connectivity index (χ1v) is 7.75. The van der Waals surface area contributed by atoms with E-state index < -0.39 is 0 Å². The van der Waals surface area contributed by atoms with E-state index in [1.807, 2.05) is 6.20 Å². The molecule has 4 nitrogen and oxygen atoms in total. The molecular formula is C14H20BrN3O. The van der Waals surface area contributed by atoms with E-state index in [0.717, 1.165) is 36.6 Å². The number of halogens is 1. The van der Waals surface area contributed by atoms with Gasteiger partial charge in [0.15, 0.2) is 0 Å². The summed E-state index contributed by atoms with van der Waals surface area (Å²) in [5.74, 6) is 1.10. The second-order valence-corrected chi connectivity index (χ2v) is 6.32. The number of nitrogens with zero attached hydrogens (tertiary/aromatic N) is 2. The molecule has 5 heteroatoms. The van der Waals surface area contributed by atoms with Crippen LogP contribution in [0.5, 0.6) is 0 Å². The van der Waals surface area contributed by atoms with E-state index in [0.29, 0.717) is 12.1 Å². The Morgan fingerprint density at radius 2 is 2.37 bits per heavy atom. The molecule has 0 spiro atoms. The third kappa shape index (κ3) is 3.27. The molecule has 1 aromatic rings. The van der Waals surface area contributed by atoms with Gasteiger partial charge < -0.3 is 15.0 Å². The SMILES string of the molecule is CC1COCCN1c1ncc(Br)cc1CNC1CC1. The first-order chi connectivity index (χ1) is 9.24. The van der Waals surface area contributed by atoms with E-state index in [1.165, 1.54) is 18.4 Å². The minimum atomic E-state index is 0.391. The third-order valence-electron chi connectivity index (χ3n) is 3.71. The molecule has 0 amide bonds. The van der Waals surface area contributed by atoms with Crippen molar-refractivity contribution in [1.82, 2.24) is 10.3 Å². The summed E-state index contributed by atoms with van der Waals surface area (Å²) in [6.45, 7) is 5.59. The minimum absolute atomic E-state index is 0.391. The molecule has 0 radical (unpaired) electrons. The number of ether oxygens (including phenoxy) is 1. The molecule has 1 saturated heterocycles. The predicted molar refractivity (Wildman–Crippen MR) is 79.4 cm³/mol. The van der Waals surface area contributed by atoms with Crippen LogP contribution in [0.4, 0.5) is 5.82 Å². The number of hydrogen-bond donors (Lipinski definition) is 1. The van der Waals surface area contributed by atoms with Crippen LogP contribution in [0.1, 0.15) is 25.3 Å². The summed E-state index contributed by atoms with van der Waals surface area (Å²) in [7, 11) is 0. The highest BCUT2D eigenvalue weighted by Crippen LogP contribution is 2.26. The van der Waals surface area contributed by atoms with Crippen molar-refractivity contribution in [2.75, 3.05) is 24.7 Å². The normalized spacial score (nSPS) is 23.7. The third-order valence-corrected chi connectivity index (χ3v) is 4.14. The van der Waals surface area contributed by atoms with Gasteiger partial charge in [-0.2, -0.15) is 0 Å². The van der Waals surface area contributed by atoms with Gasteiger partial charge in [-0.05, 0) is 41.8 Å². The van der Waals surface area contributed by atoms with Crippen LogP contribution in [0.3, 0.4) is 0 Å². The lowest BCUT2D eigenvalue weighted by molar-refractivity contribution is 0.0984. The molecule has 3 rings (SSSR count). The van der Waals surface area contributed by atoms with E-state index in [2.05, 4.69) is 44.1 Å². The van der Waals surface area contributed by atoms with E-state index in [9.17, 15) is 0 Å². The Kier molecular flexibility index (Phi) is 4.05. The quantitative estimate of drug-likeness (QED) is 0.921. The zero-order chi connectivity index (χ0) is 13.2. The highest BCUT2D eigenvalue weighted by Gasteiger charge is 2.24. The number of aromatic nitrogens is 1. The van der Waals surface area contributed by atoms with Gasteiger partial charge in [0.25, 0.3) is 0 Å². The van der Waals surface area contributed by atoms with Crippen LogP contribution >= 0.6 is 15.9 Å². The Morgan fingerprint density at radius 1 is 1.53 bits per heavy atom. The van der Waals surface area contributed by atoms with Gasteiger partial charge in [0.05, 0.1) is 19.3 Å². The summed E-state index contributed by atoms with van der Waals surface area (Å²) in [6, 6.07) is 3.29. The summed E-state index contributed by atoms with van der Waals surface area (Å²) in [6.07, 6.45) is 4.51. The van der Waals surface area contributed by atoms with Crippen molar-refractivity contribution in [3.05, 3.63) is 22.3 Å². The monoisotopic (exact) mass is 325 g/mol. The maximum atomic E-state index is 5.51. The first kappa shape index (κ1) is 13.3. The largest absolute Gasteiger partial charge is 0.377 e. The molecule has 104 valence electrons. The number of rotatable bonds is 4. The Hall–Kier alpha value is -0.650. The number of hydrogen-bond acceptors (Lipinski definition) is 4. The van der Waals surface area contributed by atoms with E-state index >= 15 is 0 Å². The molecule has 1 aromatic heterocycles. The van der Waals surface area contributed by atoms with Gasteiger partial charge in [0, 0.05) is 35.4 Å². The lowest BCUT2D eigenvalue weighted by Crippen LogP contribution is -2.44. The standard InChI is InChI=1S/C14H20BrN3O/c1-10-9-19-5-4-18(10)14-11(6-12(15)8-17-14)7-16-13-2-3-13/h6,8,10,13,16H,2-5,7,9H2,1H3. The van der Waals surface area contributed by atoms with Crippen LogP contribution in [0, 0.1) is 0 Å². The lowest BCUT2D eigenvalue weighted by Gasteiger charge is -2.35. The molecular weight excluding hydrogens is 306 g/mol. The highest BCUT2D eigenvalue weighted by molar-refractivity contribution is 9.10. The Bertz CT molecular complexity index is 450. The van der Waals surface area contributed by atoms with Crippen molar-refractivity contribution in [1.29, 1.82) is 0 Å². The summed E-state index contributed by atoms with van der Waals surface area (Å²) in [5, 5.41) is 3.58. The number of anilines is 1. The van der Waals surface area contributed by atoms with Gasteiger partial charge in [0.1, 0.15) is 5.82 Å². The second kappa shape index (κ2) is 5.77. The van der Waals surface area contributed by atoms with E-state index in [1.54, 1.807) is 0 Å². The molecule has 1 saturated carbocycles. The van der Waals surface area contributed by atoms with E-state index in [4.69, 9.17) is 4.74 Å². The van der Waals surface area contributed by atoms with Crippen molar-refractivity contribution >= 4 is 21.7 Å². The maximum absolute atomic E-state index is 5.51. The number of pyridine rings is 1. The minimum Gasteiger partial charge on any atom is -0.377 e. The zero-order valence-electron chi connectivity index (χ0n) is 11.2. The lowest BCUT2D eigenvalue weighted by atomic mass is 10.2. The van der Waals surface area contributed by atoms with Crippen molar-refractivity contribution in [3.63, 3.8) is 0 Å². The van der Waals surface area contributed by atoms with Crippen LogP contribution in [0.25, 0.3) is 0 Å². The molecule has 1 aliphatic carbocycles. The Morgan fingerprint density at radius 3 is 3.11 bits per heavy atom. The average Bonchev–Trinajstić information content (AvgIpc) is 3.22. The highest BCUT2D eigenvalue weighted by atomic mass is 79.9. The summed E-state index contributed by atoms with van der Waals surface area (Å²) < 4.78 is 6.56. The molecule has 1 atom stereocenters. The Labute approximate surface area is 122 Å². The van der Waals surface area contributed by atoms with E-state index in [-0.39, 0.29) is 0 Å². The smallest absolute Gasteiger partial charge is 0.133 e. The molecule has 1 unspecified atom stereocenters. The predicted octanol–water partition coefficient (Wildman–Crippen LogP) is 2.32. The molecule has 2 heterocycles. The van der Waals surface area contributed by atoms with Gasteiger partial charge in [-0.1, -0.05) is 0 Å². The number of nitrogens with one attached hydrogen (secondary N) is 1. The van der Waals surface area contributed by atoms with Crippen LogP contribution < -0.4 is 10.2 Å². The topological polar surface area (TPSA) is 37.4 Å². The van der Waals surface area contributed by atoms with Crippen molar-refractivity contribution in [2.45, 2.75) is 38.4 Å². The molecule has 1 N–H and O–H groups in total. The summed E-state index contributed by atoms with van der Waals surface area (Å²) >= 11 is 3.52. The van der Waals surface area contributed by atoms with Crippen LogP contribution in [0.2, 0.25) is 0 Å². The van der Waals surface area contributed by atoms with Gasteiger partial charge in [-0.15, -0.1) is 0 Å². The fraction of sp³-hybridized carbons (Fsp3) is 0.643. The van der Waals surface area contributed by atoms with Crippen molar-refractivity contribution in [3.8, 4) is 0 Å². The van der Waals surface area contributed by atoms with Crippen LogP contribution in [-0.2, 0) is 11.3 Å².